The van der Waals surface area contributed by atoms with Crippen molar-refractivity contribution in [2.45, 2.75) is 39.2 Å². The van der Waals surface area contributed by atoms with E-state index in [1.54, 1.807) is 25.7 Å². The van der Waals surface area contributed by atoms with Gasteiger partial charge in [-0.3, -0.25) is 4.79 Å². The zero-order chi connectivity index (χ0) is 14.0. The molecular formula is C13H20N2O3. The van der Waals surface area contributed by atoms with Gasteiger partial charge in [-0.15, -0.1) is 6.42 Å². The second kappa shape index (κ2) is 4.89. The molecule has 0 aromatic rings. The summed E-state index contributed by atoms with van der Waals surface area (Å²) in [6.07, 6.45) is 6.24. The van der Waals surface area contributed by atoms with Gasteiger partial charge in [-0.05, 0) is 33.6 Å². The molecule has 0 aliphatic carbocycles. The Labute approximate surface area is 108 Å². The highest BCUT2D eigenvalue weighted by Gasteiger charge is 2.38. The predicted octanol–water partition coefficient (Wildman–Crippen LogP) is 1.29. The van der Waals surface area contributed by atoms with Gasteiger partial charge in [0.1, 0.15) is 0 Å². The second-order valence-corrected chi connectivity index (χ2v) is 5.55. The number of carboxylic acid groups (broad SMARTS) is 1. The van der Waals surface area contributed by atoms with Gasteiger partial charge in [0.15, 0.2) is 0 Å². The molecule has 0 saturated carbocycles. The van der Waals surface area contributed by atoms with Crippen LogP contribution in [-0.2, 0) is 4.79 Å². The van der Waals surface area contributed by atoms with Gasteiger partial charge in [-0.2, -0.15) is 0 Å². The van der Waals surface area contributed by atoms with Crippen LogP contribution in [0.4, 0.5) is 4.79 Å². The Balaban J connectivity index is 2.57. The van der Waals surface area contributed by atoms with Crippen LogP contribution in [0.3, 0.4) is 0 Å². The molecule has 1 aliphatic rings. The van der Waals surface area contributed by atoms with Gasteiger partial charge in [0.2, 0.25) is 0 Å². The maximum atomic E-state index is 11.9. The molecule has 1 saturated heterocycles. The summed E-state index contributed by atoms with van der Waals surface area (Å²) in [4.78, 5) is 24.6. The summed E-state index contributed by atoms with van der Waals surface area (Å²) in [5, 5.41) is 11.8. The number of likely N-dealkylation sites (tertiary alicyclic amines) is 1. The zero-order valence-electron chi connectivity index (χ0n) is 11.1. The Kier molecular flexibility index (Phi) is 3.90. The number of urea groups is 1. The van der Waals surface area contributed by atoms with E-state index in [9.17, 15) is 9.59 Å². The third-order valence-electron chi connectivity index (χ3n) is 3.45. The van der Waals surface area contributed by atoms with Crippen LogP contribution in [0.1, 0.15) is 33.6 Å². The minimum atomic E-state index is -0.800. The van der Waals surface area contributed by atoms with Gasteiger partial charge in [-0.25, -0.2) is 4.79 Å². The first-order chi connectivity index (χ1) is 8.20. The summed E-state index contributed by atoms with van der Waals surface area (Å²) in [5.74, 6) is 1.69. The van der Waals surface area contributed by atoms with Crippen LogP contribution in [0.15, 0.2) is 0 Å². The Morgan fingerprint density at radius 2 is 1.89 bits per heavy atom. The lowest BCUT2D eigenvalue weighted by Crippen LogP contribution is -2.53. The van der Waals surface area contributed by atoms with Gasteiger partial charge in [0, 0.05) is 13.1 Å². The smallest absolute Gasteiger partial charge is 0.318 e. The Hall–Kier alpha value is -1.70. The van der Waals surface area contributed by atoms with Gasteiger partial charge in [0.05, 0.1) is 11.0 Å². The van der Waals surface area contributed by atoms with Gasteiger partial charge in [0.25, 0.3) is 0 Å². The molecular weight excluding hydrogens is 232 g/mol. The van der Waals surface area contributed by atoms with Gasteiger partial charge in [-0.1, -0.05) is 5.92 Å². The number of carbonyl (C=O) groups excluding carboxylic acids is 1. The normalized spacial score (nSPS) is 18.9. The number of aliphatic carboxylic acids is 1. The number of terminal acetylenes is 1. The standard InChI is InChI=1S/C13H20N2O3/c1-5-12(2,3)14-11(18)15-8-6-13(4,7-9-15)10(16)17/h1H,6-9H2,2-4H3,(H,14,18)(H,16,17). The lowest BCUT2D eigenvalue weighted by atomic mass is 9.80. The summed E-state index contributed by atoms with van der Waals surface area (Å²) < 4.78 is 0. The van der Waals surface area contributed by atoms with E-state index in [0.717, 1.165) is 0 Å². The van der Waals surface area contributed by atoms with E-state index < -0.39 is 16.9 Å². The molecule has 18 heavy (non-hydrogen) atoms. The van der Waals surface area contributed by atoms with Gasteiger partial charge >= 0.3 is 12.0 Å². The highest BCUT2D eigenvalue weighted by molar-refractivity contribution is 5.77. The first-order valence-electron chi connectivity index (χ1n) is 5.98. The molecule has 5 heteroatoms. The molecule has 1 heterocycles. The van der Waals surface area contributed by atoms with Crippen molar-refractivity contribution < 1.29 is 14.7 Å². The third kappa shape index (κ3) is 3.16. The molecule has 100 valence electrons. The fraction of sp³-hybridized carbons (Fsp3) is 0.692. The largest absolute Gasteiger partial charge is 0.481 e. The van der Waals surface area contributed by atoms with E-state index in [4.69, 9.17) is 11.5 Å². The van der Waals surface area contributed by atoms with Crippen molar-refractivity contribution in [3.63, 3.8) is 0 Å². The van der Waals surface area contributed by atoms with E-state index >= 15 is 0 Å². The number of piperidine rings is 1. The Bertz CT molecular complexity index is 388. The van der Waals surface area contributed by atoms with Crippen LogP contribution in [-0.4, -0.2) is 40.6 Å². The van der Waals surface area contributed by atoms with Crippen molar-refractivity contribution in [1.82, 2.24) is 10.2 Å². The topological polar surface area (TPSA) is 69.6 Å². The van der Waals surface area contributed by atoms with Crippen LogP contribution >= 0.6 is 0 Å². The first-order valence-corrected chi connectivity index (χ1v) is 5.98. The van der Waals surface area contributed by atoms with Crippen molar-refractivity contribution in [3.8, 4) is 12.3 Å². The number of hydrogen-bond donors (Lipinski definition) is 2. The van der Waals surface area contributed by atoms with Crippen molar-refractivity contribution in [2.24, 2.45) is 5.41 Å². The average Bonchev–Trinajstić information content (AvgIpc) is 2.29. The number of carboxylic acids is 1. The fourth-order valence-corrected chi connectivity index (χ4v) is 1.80. The molecule has 1 rings (SSSR count). The van der Waals surface area contributed by atoms with Crippen molar-refractivity contribution in [2.75, 3.05) is 13.1 Å². The highest BCUT2D eigenvalue weighted by Crippen LogP contribution is 2.31. The number of nitrogens with one attached hydrogen (secondary N) is 1. The van der Waals surface area contributed by atoms with Crippen LogP contribution in [0.2, 0.25) is 0 Å². The summed E-state index contributed by atoms with van der Waals surface area (Å²) in [6.45, 7) is 6.09. The molecule has 0 atom stereocenters. The maximum absolute atomic E-state index is 11.9. The van der Waals surface area contributed by atoms with E-state index in [-0.39, 0.29) is 6.03 Å². The van der Waals surface area contributed by atoms with E-state index in [0.29, 0.717) is 25.9 Å². The highest BCUT2D eigenvalue weighted by atomic mass is 16.4. The molecule has 0 aromatic carbocycles. The molecule has 1 aliphatic heterocycles. The first kappa shape index (κ1) is 14.4. The van der Waals surface area contributed by atoms with E-state index in [2.05, 4.69) is 11.2 Å². The van der Waals surface area contributed by atoms with Crippen molar-refractivity contribution >= 4 is 12.0 Å². The monoisotopic (exact) mass is 252 g/mol. The molecule has 1 fully saturated rings. The summed E-state index contributed by atoms with van der Waals surface area (Å²) in [7, 11) is 0. The average molecular weight is 252 g/mol. The molecule has 0 aromatic heterocycles. The van der Waals surface area contributed by atoms with Crippen LogP contribution in [0.5, 0.6) is 0 Å². The van der Waals surface area contributed by atoms with E-state index in [1.165, 1.54) is 0 Å². The summed E-state index contributed by atoms with van der Waals surface area (Å²) in [5.41, 5.74) is -1.41. The zero-order valence-corrected chi connectivity index (χ0v) is 11.1. The minimum Gasteiger partial charge on any atom is -0.481 e. The molecule has 5 nitrogen and oxygen atoms in total. The number of rotatable bonds is 2. The number of carbonyl (C=O) groups is 2. The lowest BCUT2D eigenvalue weighted by molar-refractivity contribution is -0.150. The van der Waals surface area contributed by atoms with Crippen molar-refractivity contribution in [1.29, 1.82) is 0 Å². The predicted molar refractivity (Wildman–Crippen MR) is 68.0 cm³/mol. The molecule has 0 unspecified atom stereocenters. The number of nitrogens with zero attached hydrogens (tertiary/aromatic N) is 1. The minimum absolute atomic E-state index is 0.231. The summed E-state index contributed by atoms with van der Waals surface area (Å²) in [6, 6.07) is -0.231. The van der Waals surface area contributed by atoms with E-state index in [1.807, 2.05) is 0 Å². The fourth-order valence-electron chi connectivity index (χ4n) is 1.80. The number of amides is 2. The molecule has 0 radical (unpaired) electrons. The Morgan fingerprint density at radius 3 is 2.28 bits per heavy atom. The SMILES string of the molecule is C#CC(C)(C)NC(=O)N1CCC(C)(C(=O)O)CC1. The molecule has 0 bridgehead atoms. The lowest BCUT2D eigenvalue weighted by Gasteiger charge is -2.37. The summed E-state index contributed by atoms with van der Waals surface area (Å²) >= 11 is 0. The Morgan fingerprint density at radius 1 is 1.39 bits per heavy atom. The number of hydrogen-bond acceptors (Lipinski definition) is 2. The maximum Gasteiger partial charge on any atom is 0.318 e. The molecule has 2 amide bonds. The molecule has 2 N–H and O–H groups in total. The second-order valence-electron chi connectivity index (χ2n) is 5.55. The van der Waals surface area contributed by atoms with Gasteiger partial charge < -0.3 is 15.3 Å². The molecule has 0 spiro atoms. The van der Waals surface area contributed by atoms with Crippen LogP contribution in [0, 0.1) is 17.8 Å². The van der Waals surface area contributed by atoms with Crippen molar-refractivity contribution in [3.05, 3.63) is 0 Å². The van der Waals surface area contributed by atoms with Crippen LogP contribution in [0.25, 0.3) is 0 Å². The van der Waals surface area contributed by atoms with Crippen LogP contribution < -0.4 is 5.32 Å². The third-order valence-corrected chi connectivity index (χ3v) is 3.45. The quantitative estimate of drug-likeness (QED) is 0.728.